The lowest BCUT2D eigenvalue weighted by Gasteiger charge is -2.18. The number of carbonyl (C=O) groups excluding carboxylic acids is 1. The van der Waals surface area contributed by atoms with Crippen LogP contribution in [0.2, 0.25) is 0 Å². The molecule has 5 heteroatoms. The van der Waals surface area contributed by atoms with E-state index in [0.29, 0.717) is 13.0 Å². The van der Waals surface area contributed by atoms with Crippen LogP contribution < -0.4 is 10.1 Å². The minimum atomic E-state index is -0.0927. The monoisotopic (exact) mass is 413 g/mol. The van der Waals surface area contributed by atoms with Crippen LogP contribution in [0.25, 0.3) is 10.9 Å². The summed E-state index contributed by atoms with van der Waals surface area (Å²) in [4.78, 5) is 20.5. The Bertz CT molecular complexity index is 1170. The summed E-state index contributed by atoms with van der Waals surface area (Å²) in [7, 11) is 1.66. The van der Waals surface area contributed by atoms with E-state index in [1.54, 1.807) is 19.5 Å². The third-order valence-corrected chi connectivity index (χ3v) is 5.69. The van der Waals surface area contributed by atoms with Crippen molar-refractivity contribution >= 4 is 16.8 Å². The van der Waals surface area contributed by atoms with Gasteiger partial charge in [0, 0.05) is 48.4 Å². The molecular formula is C26H27N3O2. The Morgan fingerprint density at radius 3 is 2.81 bits per heavy atom. The number of fused-ring (bicyclic) bond motifs is 1. The molecule has 2 aromatic carbocycles. The fourth-order valence-electron chi connectivity index (χ4n) is 4.05. The van der Waals surface area contributed by atoms with Gasteiger partial charge in [0.05, 0.1) is 7.11 Å². The predicted octanol–water partition coefficient (Wildman–Crippen LogP) is 4.97. The number of methoxy groups -OCH3 is 1. The molecule has 0 fully saturated rings. The molecule has 0 aliphatic carbocycles. The van der Waals surface area contributed by atoms with Crippen molar-refractivity contribution in [3.63, 3.8) is 0 Å². The highest BCUT2D eigenvalue weighted by Crippen LogP contribution is 2.35. The van der Waals surface area contributed by atoms with E-state index in [1.165, 1.54) is 5.56 Å². The number of H-pyrrole nitrogens is 1. The summed E-state index contributed by atoms with van der Waals surface area (Å²) in [5, 5.41) is 4.20. The lowest BCUT2D eigenvalue weighted by Crippen LogP contribution is -2.25. The van der Waals surface area contributed by atoms with Gasteiger partial charge in [0.2, 0.25) is 5.91 Å². The lowest BCUT2D eigenvalue weighted by molar-refractivity contribution is -0.121. The number of amides is 1. The van der Waals surface area contributed by atoms with E-state index < -0.39 is 0 Å². The molecule has 0 aliphatic rings. The molecule has 0 aliphatic heterocycles. The Kier molecular flexibility index (Phi) is 6.32. The minimum absolute atomic E-state index is 0.00216. The number of rotatable bonds is 8. The summed E-state index contributed by atoms with van der Waals surface area (Å²) in [5.74, 6) is 0.690. The van der Waals surface area contributed by atoms with Crippen LogP contribution in [0.3, 0.4) is 0 Å². The third kappa shape index (κ3) is 4.61. The van der Waals surface area contributed by atoms with Crippen LogP contribution in [0.4, 0.5) is 0 Å². The van der Waals surface area contributed by atoms with Gasteiger partial charge in [-0.3, -0.25) is 9.78 Å². The summed E-state index contributed by atoms with van der Waals surface area (Å²) in [6.07, 6.45) is 6.84. The lowest BCUT2D eigenvalue weighted by atomic mass is 9.87. The van der Waals surface area contributed by atoms with Crippen LogP contribution >= 0.6 is 0 Å². The molecule has 0 saturated carbocycles. The van der Waals surface area contributed by atoms with Gasteiger partial charge in [0.1, 0.15) is 5.75 Å². The Morgan fingerprint density at radius 1 is 1.16 bits per heavy atom. The zero-order chi connectivity index (χ0) is 21.6. The van der Waals surface area contributed by atoms with Crippen LogP contribution in [0.5, 0.6) is 5.75 Å². The summed E-state index contributed by atoms with van der Waals surface area (Å²) in [6.45, 7) is 2.62. The van der Waals surface area contributed by atoms with Gasteiger partial charge in [-0.05, 0) is 46.9 Å². The van der Waals surface area contributed by atoms with E-state index >= 15 is 0 Å². The van der Waals surface area contributed by atoms with Gasteiger partial charge in [0.15, 0.2) is 0 Å². The molecule has 0 radical (unpaired) electrons. The molecule has 4 aromatic rings. The van der Waals surface area contributed by atoms with Crippen molar-refractivity contribution in [2.75, 3.05) is 7.11 Å². The molecule has 2 heterocycles. The number of hydrogen-bond donors (Lipinski definition) is 2. The second-order valence-corrected chi connectivity index (χ2v) is 7.61. The average Bonchev–Trinajstić information content (AvgIpc) is 3.26. The smallest absolute Gasteiger partial charge is 0.221 e. The highest BCUT2D eigenvalue weighted by Gasteiger charge is 2.22. The maximum Gasteiger partial charge on any atom is 0.221 e. The number of nitrogens with zero attached hydrogens (tertiary/aromatic N) is 1. The normalized spacial score (nSPS) is 11.9. The first kappa shape index (κ1) is 20.7. The SMILES string of the molecule is CCc1cccc2c([C@@H](CC(=O)NCc3cccnc3)c3cccc(OC)c3)c[nH]c12. The van der Waals surface area contributed by atoms with E-state index in [0.717, 1.165) is 39.8 Å². The van der Waals surface area contributed by atoms with Crippen molar-refractivity contribution in [2.45, 2.75) is 32.2 Å². The Balaban J connectivity index is 1.66. The molecule has 1 amide bonds. The molecule has 0 saturated heterocycles. The van der Waals surface area contributed by atoms with Crippen molar-refractivity contribution in [2.24, 2.45) is 0 Å². The molecule has 2 aromatic heterocycles. The van der Waals surface area contributed by atoms with E-state index in [1.807, 2.05) is 36.5 Å². The maximum absolute atomic E-state index is 12.9. The first-order valence-electron chi connectivity index (χ1n) is 10.6. The molecular weight excluding hydrogens is 386 g/mol. The van der Waals surface area contributed by atoms with Gasteiger partial charge in [-0.2, -0.15) is 0 Å². The molecule has 31 heavy (non-hydrogen) atoms. The number of pyridine rings is 1. The molecule has 0 unspecified atom stereocenters. The van der Waals surface area contributed by atoms with Crippen molar-refractivity contribution in [1.82, 2.24) is 15.3 Å². The van der Waals surface area contributed by atoms with E-state index in [2.05, 4.69) is 46.5 Å². The van der Waals surface area contributed by atoms with Crippen molar-refractivity contribution in [3.05, 3.63) is 95.4 Å². The number of hydrogen-bond acceptors (Lipinski definition) is 3. The van der Waals surface area contributed by atoms with Crippen LogP contribution in [0.1, 0.15) is 41.5 Å². The molecule has 158 valence electrons. The third-order valence-electron chi connectivity index (χ3n) is 5.69. The molecule has 4 rings (SSSR count). The van der Waals surface area contributed by atoms with E-state index in [-0.39, 0.29) is 11.8 Å². The van der Waals surface area contributed by atoms with Crippen molar-refractivity contribution in [3.8, 4) is 5.75 Å². The van der Waals surface area contributed by atoms with Gasteiger partial charge in [0.25, 0.3) is 0 Å². The highest BCUT2D eigenvalue weighted by molar-refractivity contribution is 5.88. The zero-order valence-electron chi connectivity index (χ0n) is 17.9. The van der Waals surface area contributed by atoms with Crippen molar-refractivity contribution in [1.29, 1.82) is 0 Å². The molecule has 2 N–H and O–H groups in total. The second kappa shape index (κ2) is 9.47. The van der Waals surface area contributed by atoms with Crippen LogP contribution in [0.15, 0.2) is 73.2 Å². The number of aromatic nitrogens is 2. The molecule has 1 atom stereocenters. The van der Waals surface area contributed by atoms with Crippen LogP contribution in [-0.4, -0.2) is 23.0 Å². The summed E-state index contributed by atoms with van der Waals surface area (Å²) in [6, 6.07) is 18.2. The van der Waals surface area contributed by atoms with Gasteiger partial charge < -0.3 is 15.0 Å². The number of nitrogens with one attached hydrogen (secondary N) is 2. The van der Waals surface area contributed by atoms with E-state index in [4.69, 9.17) is 4.74 Å². The molecule has 0 bridgehead atoms. The Hall–Kier alpha value is -3.60. The van der Waals surface area contributed by atoms with Crippen LogP contribution in [-0.2, 0) is 17.8 Å². The number of aromatic amines is 1. The topological polar surface area (TPSA) is 67.0 Å². The predicted molar refractivity (Wildman–Crippen MR) is 123 cm³/mol. The number of aryl methyl sites for hydroxylation is 1. The standard InChI is InChI=1S/C26H27N3O2/c1-3-19-8-5-11-22-24(17-29-26(19)22)23(20-9-4-10-21(13-20)31-2)14-25(30)28-16-18-7-6-12-27-15-18/h4-13,15,17,23,29H,3,14,16H2,1-2H3,(H,28,30)/t23-/m0/s1. The van der Waals surface area contributed by atoms with Gasteiger partial charge in [-0.1, -0.05) is 43.3 Å². The fraction of sp³-hybridized carbons (Fsp3) is 0.231. The number of carbonyl (C=O) groups is 1. The van der Waals surface area contributed by atoms with Gasteiger partial charge >= 0.3 is 0 Å². The average molecular weight is 414 g/mol. The number of benzene rings is 2. The van der Waals surface area contributed by atoms with Crippen molar-refractivity contribution < 1.29 is 9.53 Å². The summed E-state index contributed by atoms with van der Waals surface area (Å²) >= 11 is 0. The Labute approximate surface area is 182 Å². The van der Waals surface area contributed by atoms with E-state index in [9.17, 15) is 4.79 Å². The second-order valence-electron chi connectivity index (χ2n) is 7.61. The number of para-hydroxylation sites is 1. The quantitative estimate of drug-likeness (QED) is 0.428. The van der Waals surface area contributed by atoms with Gasteiger partial charge in [-0.25, -0.2) is 0 Å². The highest BCUT2D eigenvalue weighted by atomic mass is 16.5. The minimum Gasteiger partial charge on any atom is -0.497 e. The largest absolute Gasteiger partial charge is 0.497 e. The maximum atomic E-state index is 12.9. The Morgan fingerprint density at radius 2 is 2.03 bits per heavy atom. The number of ether oxygens (including phenoxy) is 1. The first-order valence-corrected chi connectivity index (χ1v) is 10.6. The summed E-state index contributed by atoms with van der Waals surface area (Å²) in [5.41, 5.74) is 5.57. The first-order chi connectivity index (χ1) is 15.2. The molecule has 5 nitrogen and oxygen atoms in total. The fourth-order valence-corrected chi connectivity index (χ4v) is 4.05. The molecule has 0 spiro atoms. The van der Waals surface area contributed by atoms with Crippen LogP contribution in [0, 0.1) is 0 Å². The van der Waals surface area contributed by atoms with Gasteiger partial charge in [-0.15, -0.1) is 0 Å². The zero-order valence-corrected chi connectivity index (χ0v) is 17.9. The summed E-state index contributed by atoms with van der Waals surface area (Å²) < 4.78 is 5.44.